The van der Waals surface area contributed by atoms with E-state index in [0.717, 1.165) is 74.9 Å². The number of amides is 1. The van der Waals surface area contributed by atoms with Crippen molar-refractivity contribution in [3.8, 4) is 0 Å². The SMILES string of the molecule is C=CC(c1ccccc1)C(C)(C)C[N+](CC)(CCOCCC)c1cccc(NC(=O)C2CCCCC2(CC)CC)c1. The van der Waals surface area contributed by atoms with Crippen molar-refractivity contribution in [3.63, 3.8) is 0 Å². The van der Waals surface area contributed by atoms with Gasteiger partial charge in [-0.15, -0.1) is 6.58 Å². The Kier molecular flexibility index (Phi) is 12.2. The summed E-state index contributed by atoms with van der Waals surface area (Å²) < 4.78 is 6.85. The highest BCUT2D eigenvalue weighted by Crippen LogP contribution is 2.47. The van der Waals surface area contributed by atoms with Gasteiger partial charge in [0.05, 0.1) is 19.7 Å². The molecule has 1 aliphatic carbocycles. The number of nitrogens with zero attached hydrogens (tertiary/aromatic N) is 1. The molecule has 0 heterocycles. The highest BCUT2D eigenvalue weighted by molar-refractivity contribution is 5.93. The van der Waals surface area contributed by atoms with Crippen molar-refractivity contribution in [1.29, 1.82) is 0 Å². The Bertz CT molecular complexity index is 1090. The van der Waals surface area contributed by atoms with Gasteiger partial charge in [-0.05, 0) is 62.1 Å². The van der Waals surface area contributed by atoms with Gasteiger partial charge >= 0.3 is 0 Å². The number of carbonyl (C=O) groups excluding carboxylic acids is 1. The fraction of sp³-hybridized carbons (Fsp3) is 0.595. The molecule has 41 heavy (non-hydrogen) atoms. The van der Waals surface area contributed by atoms with Crippen LogP contribution in [0, 0.1) is 16.7 Å². The quantitative estimate of drug-likeness (QED) is 0.126. The van der Waals surface area contributed by atoms with Crippen molar-refractivity contribution in [2.24, 2.45) is 16.7 Å². The van der Waals surface area contributed by atoms with Gasteiger partial charge in [0.25, 0.3) is 0 Å². The Morgan fingerprint density at radius 2 is 1.80 bits per heavy atom. The van der Waals surface area contributed by atoms with E-state index >= 15 is 0 Å². The maximum absolute atomic E-state index is 13.7. The summed E-state index contributed by atoms with van der Waals surface area (Å²) in [6.07, 6.45) is 9.80. The summed E-state index contributed by atoms with van der Waals surface area (Å²) in [6.45, 7) is 22.2. The van der Waals surface area contributed by atoms with E-state index in [2.05, 4.69) is 114 Å². The summed E-state index contributed by atoms with van der Waals surface area (Å²) in [5.74, 6) is 0.498. The van der Waals surface area contributed by atoms with Gasteiger partial charge in [0.1, 0.15) is 12.2 Å². The second-order valence-electron chi connectivity index (χ2n) is 13.0. The predicted molar refractivity (Wildman–Crippen MR) is 176 cm³/mol. The number of quaternary nitrogens is 1. The number of nitrogens with one attached hydrogen (secondary N) is 1. The molecule has 3 unspecified atom stereocenters. The smallest absolute Gasteiger partial charge is 0.228 e. The van der Waals surface area contributed by atoms with E-state index in [4.69, 9.17) is 4.74 Å². The van der Waals surface area contributed by atoms with Crippen LogP contribution in [-0.4, -0.2) is 38.8 Å². The maximum atomic E-state index is 13.7. The third-order valence-electron chi connectivity index (χ3n) is 10.1. The second-order valence-corrected chi connectivity index (χ2v) is 13.0. The lowest BCUT2D eigenvalue weighted by Gasteiger charge is -2.45. The van der Waals surface area contributed by atoms with Crippen LogP contribution in [0.4, 0.5) is 11.4 Å². The van der Waals surface area contributed by atoms with Gasteiger partial charge in [0.15, 0.2) is 0 Å². The van der Waals surface area contributed by atoms with Crippen LogP contribution in [0.5, 0.6) is 0 Å². The number of rotatable bonds is 16. The monoisotopic (exact) mass is 561 g/mol. The predicted octanol–water partition coefficient (Wildman–Crippen LogP) is 9.37. The van der Waals surface area contributed by atoms with Gasteiger partial charge in [-0.3, -0.25) is 9.28 Å². The van der Waals surface area contributed by atoms with E-state index < -0.39 is 0 Å². The molecule has 3 rings (SSSR count). The largest absolute Gasteiger partial charge is 0.376 e. The Morgan fingerprint density at radius 3 is 2.44 bits per heavy atom. The zero-order chi connectivity index (χ0) is 29.9. The fourth-order valence-corrected chi connectivity index (χ4v) is 7.60. The molecule has 0 saturated heterocycles. The van der Waals surface area contributed by atoms with Crippen molar-refractivity contribution in [2.45, 2.75) is 92.4 Å². The van der Waals surface area contributed by atoms with Crippen LogP contribution in [0.3, 0.4) is 0 Å². The molecule has 0 bridgehead atoms. The summed E-state index contributed by atoms with van der Waals surface area (Å²) in [6, 6.07) is 19.4. The second kappa shape index (κ2) is 15.2. The van der Waals surface area contributed by atoms with Crippen molar-refractivity contribution in [3.05, 3.63) is 72.8 Å². The minimum absolute atomic E-state index is 0.0624. The Labute approximate surface area is 251 Å². The minimum atomic E-state index is -0.0624. The van der Waals surface area contributed by atoms with Crippen LogP contribution in [0.25, 0.3) is 0 Å². The van der Waals surface area contributed by atoms with Gasteiger partial charge in [0.2, 0.25) is 5.91 Å². The number of hydrogen-bond donors (Lipinski definition) is 1. The first-order valence-corrected chi connectivity index (χ1v) is 16.2. The van der Waals surface area contributed by atoms with Gasteiger partial charge in [0, 0.05) is 35.6 Å². The van der Waals surface area contributed by atoms with Crippen molar-refractivity contribution in [2.75, 3.05) is 38.2 Å². The van der Waals surface area contributed by atoms with Crippen LogP contribution < -0.4 is 9.80 Å². The van der Waals surface area contributed by atoms with Crippen molar-refractivity contribution < 1.29 is 9.53 Å². The zero-order valence-electron chi connectivity index (χ0n) is 26.9. The normalized spacial score (nSPS) is 19.2. The standard InChI is InChI=1S/C37H56N2O2/c1-8-26-41-27-25-39(12-5,29-36(6,7)33(9-2)30-19-14-13-15-20-30)32-22-18-21-31(28-32)38-35(40)34-23-16-17-24-37(34,10-3)11-4/h9,13-15,18-22,28,33-34H,2,8,10-12,16-17,23-27,29H2,1,3-7H3/p+1. The lowest BCUT2D eigenvalue weighted by Crippen LogP contribution is -2.57. The van der Waals surface area contributed by atoms with Gasteiger partial charge < -0.3 is 10.1 Å². The summed E-state index contributed by atoms with van der Waals surface area (Å²) in [7, 11) is 0. The molecular weight excluding hydrogens is 504 g/mol. The summed E-state index contributed by atoms with van der Waals surface area (Å²) >= 11 is 0. The van der Waals surface area contributed by atoms with Crippen LogP contribution >= 0.6 is 0 Å². The molecule has 2 aromatic rings. The highest BCUT2D eigenvalue weighted by Gasteiger charge is 2.43. The van der Waals surface area contributed by atoms with Crippen LogP contribution in [-0.2, 0) is 9.53 Å². The summed E-state index contributed by atoms with van der Waals surface area (Å²) in [5.41, 5.74) is 3.50. The first-order chi connectivity index (χ1) is 19.7. The van der Waals surface area contributed by atoms with Crippen LogP contribution in [0.15, 0.2) is 67.3 Å². The molecule has 0 aromatic heterocycles. The molecule has 0 spiro atoms. The maximum Gasteiger partial charge on any atom is 0.228 e. The summed E-state index contributed by atoms with van der Waals surface area (Å²) in [5, 5.41) is 3.37. The van der Waals surface area contributed by atoms with E-state index in [9.17, 15) is 4.79 Å². The average Bonchev–Trinajstić information content (AvgIpc) is 2.99. The van der Waals surface area contributed by atoms with E-state index in [1.807, 2.05) is 0 Å². The first-order valence-electron chi connectivity index (χ1n) is 16.2. The lowest BCUT2D eigenvalue weighted by molar-refractivity contribution is -0.126. The fourth-order valence-electron chi connectivity index (χ4n) is 7.60. The van der Waals surface area contributed by atoms with Crippen LogP contribution in [0.1, 0.15) is 98.0 Å². The van der Waals surface area contributed by atoms with Gasteiger partial charge in [-0.1, -0.05) is 89.9 Å². The molecule has 0 radical (unpaired) electrons. The number of likely N-dealkylation sites (N-methyl/N-ethyl adjacent to an activating group) is 1. The Hall–Kier alpha value is -2.43. The molecular formula is C37H57N2O2+. The van der Waals surface area contributed by atoms with E-state index in [0.29, 0.717) is 6.61 Å². The number of benzene rings is 2. The zero-order valence-corrected chi connectivity index (χ0v) is 26.9. The highest BCUT2D eigenvalue weighted by atomic mass is 16.5. The number of ether oxygens (including phenoxy) is 1. The molecule has 1 amide bonds. The Balaban J connectivity index is 1.94. The molecule has 2 aromatic carbocycles. The number of allylic oxidation sites excluding steroid dienone is 1. The molecule has 1 aliphatic rings. The van der Waals surface area contributed by atoms with Crippen LogP contribution in [0.2, 0.25) is 0 Å². The van der Waals surface area contributed by atoms with E-state index in [1.54, 1.807) is 0 Å². The minimum Gasteiger partial charge on any atom is -0.376 e. The first kappa shape index (κ1) is 33.1. The molecule has 1 N–H and O–H groups in total. The van der Waals surface area contributed by atoms with E-state index in [-0.39, 0.29) is 28.6 Å². The molecule has 0 aliphatic heterocycles. The van der Waals surface area contributed by atoms with Crippen molar-refractivity contribution in [1.82, 2.24) is 4.48 Å². The lowest BCUT2D eigenvalue weighted by atomic mass is 9.63. The average molecular weight is 562 g/mol. The van der Waals surface area contributed by atoms with Crippen molar-refractivity contribution >= 4 is 17.3 Å². The molecule has 4 heteroatoms. The molecule has 4 nitrogen and oxygen atoms in total. The number of carbonyl (C=O) groups is 1. The number of hydrogen-bond acceptors (Lipinski definition) is 2. The Morgan fingerprint density at radius 1 is 1.07 bits per heavy atom. The molecule has 1 saturated carbocycles. The summed E-state index contributed by atoms with van der Waals surface area (Å²) in [4.78, 5) is 13.7. The third kappa shape index (κ3) is 7.90. The van der Waals surface area contributed by atoms with E-state index in [1.165, 1.54) is 17.7 Å². The molecule has 226 valence electrons. The molecule has 1 fully saturated rings. The topological polar surface area (TPSA) is 38.3 Å². The molecule has 3 atom stereocenters. The van der Waals surface area contributed by atoms with Gasteiger partial charge in [-0.2, -0.15) is 0 Å². The van der Waals surface area contributed by atoms with Gasteiger partial charge in [-0.25, -0.2) is 0 Å². The number of anilines is 1. The third-order valence-corrected chi connectivity index (χ3v) is 10.1.